The van der Waals surface area contributed by atoms with Crippen molar-refractivity contribution in [3.63, 3.8) is 0 Å². The maximum absolute atomic E-state index is 11.5. The van der Waals surface area contributed by atoms with E-state index in [2.05, 4.69) is 5.32 Å². The quantitative estimate of drug-likeness (QED) is 0.660. The lowest BCUT2D eigenvalue weighted by Gasteiger charge is -2.24. The first-order chi connectivity index (χ1) is 8.74. The van der Waals surface area contributed by atoms with Crippen LogP contribution < -0.4 is 5.32 Å². The van der Waals surface area contributed by atoms with Crippen molar-refractivity contribution in [3.8, 4) is 0 Å². The second kappa shape index (κ2) is 7.01. The predicted molar refractivity (Wildman–Crippen MR) is 76.4 cm³/mol. The van der Waals surface area contributed by atoms with Crippen molar-refractivity contribution in [3.05, 3.63) is 0 Å². The number of nitrogens with one attached hydrogen (secondary N) is 1. The van der Waals surface area contributed by atoms with E-state index in [1.54, 1.807) is 0 Å². The molecule has 114 valence electrons. The molecule has 1 N–H and O–H groups in total. The zero-order valence-electron chi connectivity index (χ0n) is 11.6. The smallest absolute Gasteiger partial charge is 0.211 e. The Bertz CT molecular complexity index is 473. The van der Waals surface area contributed by atoms with Gasteiger partial charge in [0.05, 0.1) is 17.8 Å². The van der Waals surface area contributed by atoms with Crippen molar-refractivity contribution in [1.82, 2.24) is 9.62 Å². The van der Waals surface area contributed by atoms with Gasteiger partial charge in [0.1, 0.15) is 0 Å². The second-order valence-corrected chi connectivity index (χ2v) is 9.23. The molecule has 6 nitrogen and oxygen atoms in total. The van der Waals surface area contributed by atoms with Crippen LogP contribution in [0, 0.1) is 0 Å². The van der Waals surface area contributed by atoms with Crippen LogP contribution in [0.3, 0.4) is 0 Å². The van der Waals surface area contributed by atoms with Crippen molar-refractivity contribution in [1.29, 1.82) is 0 Å². The molecule has 1 aliphatic rings. The number of sulfonamides is 1. The van der Waals surface area contributed by atoms with Crippen LogP contribution in [0.25, 0.3) is 0 Å². The summed E-state index contributed by atoms with van der Waals surface area (Å²) in [7, 11) is -6.01. The van der Waals surface area contributed by atoms with Gasteiger partial charge in [-0.15, -0.1) is 0 Å². The second-order valence-electron chi connectivity index (χ2n) is 5.02. The molecule has 0 aromatic heterocycles. The highest BCUT2D eigenvalue weighted by atomic mass is 32.2. The van der Waals surface area contributed by atoms with Gasteiger partial charge in [0.2, 0.25) is 10.0 Å². The molecule has 0 aliphatic carbocycles. The molecule has 0 radical (unpaired) electrons. The van der Waals surface area contributed by atoms with E-state index in [0.29, 0.717) is 38.2 Å². The Morgan fingerprint density at radius 2 is 2.05 bits per heavy atom. The Morgan fingerprint density at radius 1 is 1.37 bits per heavy atom. The average molecular weight is 312 g/mol. The molecule has 1 unspecified atom stereocenters. The first-order valence-electron chi connectivity index (χ1n) is 6.63. The SMILES string of the molecule is CCN(CCCNC1CCCS(=O)(=O)C1)S(C)(=O)=O. The summed E-state index contributed by atoms with van der Waals surface area (Å²) in [5.74, 6) is 0.499. The summed E-state index contributed by atoms with van der Waals surface area (Å²) in [5, 5.41) is 3.21. The summed E-state index contributed by atoms with van der Waals surface area (Å²) in [5.41, 5.74) is 0. The fourth-order valence-corrected chi connectivity index (χ4v) is 4.90. The molecule has 0 saturated carbocycles. The van der Waals surface area contributed by atoms with E-state index >= 15 is 0 Å². The van der Waals surface area contributed by atoms with Gasteiger partial charge in [-0.1, -0.05) is 6.92 Å². The third kappa shape index (κ3) is 6.20. The molecular weight excluding hydrogens is 288 g/mol. The van der Waals surface area contributed by atoms with E-state index in [9.17, 15) is 16.8 Å². The molecular formula is C11H24N2O4S2. The molecule has 1 heterocycles. The Balaban J connectivity index is 2.27. The normalized spacial score (nSPS) is 23.6. The van der Waals surface area contributed by atoms with Crippen LogP contribution in [0.15, 0.2) is 0 Å². The third-order valence-electron chi connectivity index (χ3n) is 3.30. The highest BCUT2D eigenvalue weighted by Gasteiger charge is 2.24. The van der Waals surface area contributed by atoms with Crippen molar-refractivity contribution in [2.75, 3.05) is 37.4 Å². The summed E-state index contributed by atoms with van der Waals surface area (Å²) >= 11 is 0. The van der Waals surface area contributed by atoms with Crippen LogP contribution in [0.2, 0.25) is 0 Å². The van der Waals surface area contributed by atoms with E-state index in [1.807, 2.05) is 6.92 Å². The lowest BCUT2D eigenvalue weighted by Crippen LogP contribution is -2.41. The van der Waals surface area contributed by atoms with Crippen LogP contribution >= 0.6 is 0 Å². The minimum atomic E-state index is -3.13. The number of hydrogen-bond donors (Lipinski definition) is 1. The van der Waals surface area contributed by atoms with Crippen LogP contribution in [0.4, 0.5) is 0 Å². The Labute approximate surface area is 116 Å². The summed E-state index contributed by atoms with van der Waals surface area (Å²) < 4.78 is 47.1. The lowest BCUT2D eigenvalue weighted by atomic mass is 10.2. The Hall–Kier alpha value is -0.180. The zero-order valence-corrected chi connectivity index (χ0v) is 13.3. The molecule has 0 amide bonds. The van der Waals surface area contributed by atoms with E-state index in [0.717, 1.165) is 6.42 Å². The molecule has 1 saturated heterocycles. The largest absolute Gasteiger partial charge is 0.313 e. The fourth-order valence-electron chi connectivity index (χ4n) is 2.30. The number of nitrogens with zero attached hydrogens (tertiary/aromatic N) is 1. The van der Waals surface area contributed by atoms with Crippen molar-refractivity contribution in [2.45, 2.75) is 32.2 Å². The highest BCUT2D eigenvalue weighted by molar-refractivity contribution is 7.91. The Morgan fingerprint density at radius 3 is 2.58 bits per heavy atom. The van der Waals surface area contributed by atoms with E-state index in [1.165, 1.54) is 10.6 Å². The van der Waals surface area contributed by atoms with E-state index < -0.39 is 19.9 Å². The number of hydrogen-bond acceptors (Lipinski definition) is 5. The van der Waals surface area contributed by atoms with Gasteiger partial charge in [-0.2, -0.15) is 0 Å². The molecule has 1 aliphatic heterocycles. The zero-order chi connectivity index (χ0) is 14.5. The molecule has 0 aromatic rings. The van der Waals surface area contributed by atoms with Gasteiger partial charge in [-0.25, -0.2) is 21.1 Å². The van der Waals surface area contributed by atoms with E-state index in [4.69, 9.17) is 0 Å². The van der Waals surface area contributed by atoms with Gasteiger partial charge in [0.25, 0.3) is 0 Å². The number of sulfone groups is 1. The van der Waals surface area contributed by atoms with Gasteiger partial charge in [-0.3, -0.25) is 0 Å². The lowest BCUT2D eigenvalue weighted by molar-refractivity contribution is 0.407. The monoisotopic (exact) mass is 312 g/mol. The van der Waals surface area contributed by atoms with Gasteiger partial charge in [0, 0.05) is 19.1 Å². The van der Waals surface area contributed by atoms with E-state index in [-0.39, 0.29) is 11.8 Å². The van der Waals surface area contributed by atoms with Crippen molar-refractivity contribution in [2.24, 2.45) is 0 Å². The molecule has 1 fully saturated rings. The molecule has 0 spiro atoms. The topological polar surface area (TPSA) is 83.6 Å². The number of rotatable bonds is 7. The van der Waals surface area contributed by atoms with Crippen molar-refractivity contribution < 1.29 is 16.8 Å². The van der Waals surface area contributed by atoms with Crippen molar-refractivity contribution >= 4 is 19.9 Å². The summed E-state index contributed by atoms with van der Waals surface area (Å²) in [6.07, 6.45) is 3.49. The summed E-state index contributed by atoms with van der Waals surface area (Å²) in [6, 6.07) is 0.0204. The van der Waals surface area contributed by atoms with Crippen LogP contribution in [0.5, 0.6) is 0 Å². The van der Waals surface area contributed by atoms with Gasteiger partial charge >= 0.3 is 0 Å². The molecule has 19 heavy (non-hydrogen) atoms. The maximum atomic E-state index is 11.5. The van der Waals surface area contributed by atoms with Crippen LogP contribution in [-0.4, -0.2) is 64.6 Å². The standard InChI is InChI=1S/C11H24N2O4S2/c1-3-13(18(2,14)15)8-5-7-12-11-6-4-9-19(16,17)10-11/h11-12H,3-10H2,1-2H3. The predicted octanol–water partition coefficient (Wildman–Crippen LogP) is -0.175. The molecule has 0 bridgehead atoms. The summed E-state index contributed by atoms with van der Waals surface area (Å²) in [4.78, 5) is 0. The van der Waals surface area contributed by atoms with Crippen LogP contribution in [-0.2, 0) is 19.9 Å². The fraction of sp³-hybridized carbons (Fsp3) is 1.00. The minimum absolute atomic E-state index is 0.0204. The maximum Gasteiger partial charge on any atom is 0.211 e. The Kier molecular flexibility index (Phi) is 6.22. The van der Waals surface area contributed by atoms with Crippen LogP contribution in [0.1, 0.15) is 26.2 Å². The summed E-state index contributed by atoms with van der Waals surface area (Å²) in [6.45, 7) is 3.40. The first kappa shape index (κ1) is 16.9. The minimum Gasteiger partial charge on any atom is -0.313 e. The first-order valence-corrected chi connectivity index (χ1v) is 10.3. The molecule has 8 heteroatoms. The van der Waals surface area contributed by atoms with Gasteiger partial charge in [0.15, 0.2) is 9.84 Å². The third-order valence-corrected chi connectivity index (χ3v) is 6.50. The van der Waals surface area contributed by atoms with Gasteiger partial charge in [-0.05, 0) is 25.8 Å². The highest BCUT2D eigenvalue weighted by Crippen LogP contribution is 2.11. The molecule has 1 atom stereocenters. The van der Waals surface area contributed by atoms with Gasteiger partial charge < -0.3 is 5.32 Å². The average Bonchev–Trinajstić information content (AvgIpc) is 2.26. The molecule has 0 aromatic carbocycles. The molecule has 1 rings (SSSR count).